The molecule has 0 bridgehead atoms. The van der Waals surface area contributed by atoms with Gasteiger partial charge in [-0.25, -0.2) is 9.97 Å². The van der Waals surface area contributed by atoms with Crippen LogP contribution in [0.15, 0.2) is 59.5 Å². The monoisotopic (exact) mass is 387 g/mol. The molecule has 0 aliphatic rings. The van der Waals surface area contributed by atoms with Crippen molar-refractivity contribution in [2.45, 2.75) is 0 Å². The van der Waals surface area contributed by atoms with Crippen LogP contribution in [-0.2, 0) is 0 Å². The summed E-state index contributed by atoms with van der Waals surface area (Å²) < 4.78 is 6.45. The molecule has 5 heteroatoms. The van der Waals surface area contributed by atoms with Crippen molar-refractivity contribution in [3.8, 4) is 22.6 Å². The van der Waals surface area contributed by atoms with Gasteiger partial charge in [0.15, 0.2) is 12.0 Å². The van der Waals surface area contributed by atoms with Crippen LogP contribution in [0, 0.1) is 3.57 Å². The number of aromatic nitrogens is 3. The maximum absolute atomic E-state index is 5.26. The van der Waals surface area contributed by atoms with E-state index in [0.717, 1.165) is 33.7 Å². The molecule has 2 aromatic carbocycles. The number of fused-ring (bicyclic) bond motifs is 1. The summed E-state index contributed by atoms with van der Waals surface area (Å²) in [6, 6.07) is 14.1. The lowest BCUT2D eigenvalue weighted by atomic mass is 10.1. The largest absolute Gasteiger partial charge is 0.443 e. The average Bonchev–Trinajstić information content (AvgIpc) is 3.15. The van der Waals surface area contributed by atoms with Gasteiger partial charge < -0.3 is 9.40 Å². The second-order valence-corrected chi connectivity index (χ2v) is 5.94. The molecule has 0 spiro atoms. The van der Waals surface area contributed by atoms with Gasteiger partial charge in [0.1, 0.15) is 11.3 Å². The van der Waals surface area contributed by atoms with E-state index >= 15 is 0 Å². The molecule has 4 rings (SSSR count). The maximum atomic E-state index is 5.26. The maximum Gasteiger partial charge on any atom is 0.181 e. The minimum Gasteiger partial charge on any atom is -0.443 e. The Hall–Kier alpha value is -2.15. The smallest absolute Gasteiger partial charge is 0.181 e. The van der Waals surface area contributed by atoms with Crippen molar-refractivity contribution in [1.82, 2.24) is 15.0 Å². The number of nitrogens with one attached hydrogen (secondary N) is 1. The first-order chi connectivity index (χ1) is 10.3. The zero-order valence-corrected chi connectivity index (χ0v) is 13.0. The fourth-order valence-electron chi connectivity index (χ4n) is 2.28. The molecule has 0 radical (unpaired) electrons. The normalized spacial score (nSPS) is 11.1. The summed E-state index contributed by atoms with van der Waals surface area (Å²) >= 11 is 2.30. The van der Waals surface area contributed by atoms with Crippen LogP contribution in [-0.4, -0.2) is 15.0 Å². The Morgan fingerprint density at radius 2 is 1.95 bits per heavy atom. The number of rotatable bonds is 2. The lowest BCUT2D eigenvalue weighted by Gasteiger charge is -1.99. The van der Waals surface area contributed by atoms with Gasteiger partial charge in [-0.1, -0.05) is 12.1 Å². The van der Waals surface area contributed by atoms with E-state index in [1.807, 2.05) is 36.5 Å². The van der Waals surface area contributed by atoms with Crippen LogP contribution in [0.3, 0.4) is 0 Å². The number of imidazole rings is 1. The molecule has 0 aliphatic heterocycles. The molecular formula is C16H10IN3O. The number of H-pyrrole nitrogens is 1. The van der Waals surface area contributed by atoms with Gasteiger partial charge in [-0.3, -0.25) is 0 Å². The van der Waals surface area contributed by atoms with Gasteiger partial charge in [-0.15, -0.1) is 0 Å². The summed E-state index contributed by atoms with van der Waals surface area (Å²) in [6.45, 7) is 0. The fraction of sp³-hybridized carbons (Fsp3) is 0. The van der Waals surface area contributed by atoms with E-state index in [1.54, 1.807) is 0 Å². The molecule has 4 aromatic rings. The van der Waals surface area contributed by atoms with E-state index in [9.17, 15) is 0 Å². The standard InChI is InChI=1S/C16H10IN3O/c17-12-3-1-2-11(6-12)16-18-8-14(20-16)10-4-5-15-13(7-10)19-9-21-15/h1-9H,(H,18,20). The van der Waals surface area contributed by atoms with Crippen LogP contribution in [0.1, 0.15) is 0 Å². The number of hydrogen-bond donors (Lipinski definition) is 1. The van der Waals surface area contributed by atoms with Crippen LogP contribution in [0.2, 0.25) is 0 Å². The molecule has 4 nitrogen and oxygen atoms in total. The SMILES string of the molecule is Ic1cccc(-c2ncc(-c3ccc4ocnc4c3)[nH]2)c1. The number of nitrogens with zero attached hydrogens (tertiary/aromatic N) is 2. The Balaban J connectivity index is 1.76. The Labute approximate surface area is 134 Å². The molecule has 1 N–H and O–H groups in total. The number of aromatic amines is 1. The molecule has 0 saturated heterocycles. The van der Waals surface area contributed by atoms with Crippen LogP contribution >= 0.6 is 22.6 Å². The van der Waals surface area contributed by atoms with E-state index in [2.05, 4.69) is 49.7 Å². The Morgan fingerprint density at radius 3 is 2.86 bits per heavy atom. The summed E-state index contributed by atoms with van der Waals surface area (Å²) in [5, 5.41) is 0. The molecule has 0 atom stereocenters. The first-order valence-electron chi connectivity index (χ1n) is 6.44. The molecular weight excluding hydrogens is 377 g/mol. The van der Waals surface area contributed by atoms with E-state index in [1.165, 1.54) is 9.96 Å². The second kappa shape index (κ2) is 5.00. The van der Waals surface area contributed by atoms with Crippen molar-refractivity contribution >= 4 is 33.7 Å². The second-order valence-electron chi connectivity index (χ2n) is 4.69. The molecule has 2 aromatic heterocycles. The summed E-state index contributed by atoms with van der Waals surface area (Å²) in [4.78, 5) is 12.0. The average molecular weight is 387 g/mol. The Morgan fingerprint density at radius 1 is 1.00 bits per heavy atom. The van der Waals surface area contributed by atoms with Gasteiger partial charge in [-0.05, 0) is 52.9 Å². The number of hydrogen-bond acceptors (Lipinski definition) is 3. The molecule has 0 amide bonds. The highest BCUT2D eigenvalue weighted by Crippen LogP contribution is 2.25. The van der Waals surface area contributed by atoms with E-state index < -0.39 is 0 Å². The van der Waals surface area contributed by atoms with Gasteiger partial charge in [0.25, 0.3) is 0 Å². The third-order valence-corrected chi connectivity index (χ3v) is 3.99. The highest BCUT2D eigenvalue weighted by atomic mass is 127. The van der Waals surface area contributed by atoms with Gasteiger partial charge in [0, 0.05) is 14.7 Å². The number of oxazole rings is 1. The Bertz CT molecular complexity index is 926. The Kier molecular flexibility index (Phi) is 2.99. The molecule has 102 valence electrons. The predicted molar refractivity (Wildman–Crippen MR) is 89.7 cm³/mol. The molecule has 0 unspecified atom stereocenters. The zero-order valence-electron chi connectivity index (χ0n) is 10.9. The number of benzene rings is 2. The minimum absolute atomic E-state index is 0.788. The third-order valence-electron chi connectivity index (χ3n) is 3.32. The van der Waals surface area contributed by atoms with Gasteiger partial charge >= 0.3 is 0 Å². The minimum atomic E-state index is 0.788. The van der Waals surface area contributed by atoms with Crippen LogP contribution < -0.4 is 0 Å². The summed E-state index contributed by atoms with van der Waals surface area (Å²) in [5.74, 6) is 0.865. The lowest BCUT2D eigenvalue weighted by Crippen LogP contribution is -1.82. The predicted octanol–water partition coefficient (Wildman–Crippen LogP) is 4.49. The van der Waals surface area contributed by atoms with Crippen LogP contribution in [0.5, 0.6) is 0 Å². The van der Waals surface area contributed by atoms with Crippen molar-refractivity contribution in [2.24, 2.45) is 0 Å². The van der Waals surface area contributed by atoms with E-state index in [4.69, 9.17) is 4.42 Å². The van der Waals surface area contributed by atoms with E-state index in [0.29, 0.717) is 0 Å². The van der Waals surface area contributed by atoms with Crippen molar-refractivity contribution in [3.63, 3.8) is 0 Å². The van der Waals surface area contributed by atoms with Crippen LogP contribution in [0.4, 0.5) is 0 Å². The van der Waals surface area contributed by atoms with Gasteiger partial charge in [-0.2, -0.15) is 0 Å². The quantitative estimate of drug-likeness (QED) is 0.516. The molecule has 21 heavy (non-hydrogen) atoms. The first kappa shape index (κ1) is 12.6. The van der Waals surface area contributed by atoms with Gasteiger partial charge in [0.05, 0.1) is 11.9 Å². The van der Waals surface area contributed by atoms with Gasteiger partial charge in [0.2, 0.25) is 0 Å². The summed E-state index contributed by atoms with van der Waals surface area (Å²) in [7, 11) is 0. The lowest BCUT2D eigenvalue weighted by molar-refractivity contribution is 0.602. The highest BCUT2D eigenvalue weighted by molar-refractivity contribution is 14.1. The summed E-state index contributed by atoms with van der Waals surface area (Å²) in [5.41, 5.74) is 4.72. The van der Waals surface area contributed by atoms with Crippen molar-refractivity contribution < 1.29 is 4.42 Å². The number of halogens is 1. The molecule has 0 saturated carbocycles. The van der Waals surface area contributed by atoms with Crippen molar-refractivity contribution in [3.05, 3.63) is 58.6 Å². The summed E-state index contributed by atoms with van der Waals surface area (Å²) in [6.07, 6.45) is 3.30. The molecule has 2 heterocycles. The molecule has 0 fully saturated rings. The van der Waals surface area contributed by atoms with E-state index in [-0.39, 0.29) is 0 Å². The van der Waals surface area contributed by atoms with Crippen molar-refractivity contribution in [1.29, 1.82) is 0 Å². The zero-order chi connectivity index (χ0) is 14.2. The fourth-order valence-corrected chi connectivity index (χ4v) is 2.82. The van der Waals surface area contributed by atoms with Crippen LogP contribution in [0.25, 0.3) is 33.7 Å². The highest BCUT2D eigenvalue weighted by Gasteiger charge is 2.07. The molecule has 0 aliphatic carbocycles. The topological polar surface area (TPSA) is 54.7 Å². The van der Waals surface area contributed by atoms with Crippen molar-refractivity contribution in [2.75, 3.05) is 0 Å². The first-order valence-corrected chi connectivity index (χ1v) is 7.52. The third kappa shape index (κ3) is 2.33.